The third-order valence-electron chi connectivity index (χ3n) is 14.7. The second-order valence-corrected chi connectivity index (χ2v) is 20.0. The minimum absolute atomic E-state index is 0.0541. The molecule has 18 heteroatoms. The molecule has 0 aliphatic carbocycles. The first-order valence-electron chi connectivity index (χ1n) is 26.0. The van der Waals surface area contributed by atoms with E-state index in [0.717, 1.165) is 96.8 Å². The highest BCUT2D eigenvalue weighted by atomic mass is 35.5. The number of aromatic amines is 1. The van der Waals surface area contributed by atoms with Gasteiger partial charge in [0.2, 0.25) is 17.7 Å². The van der Waals surface area contributed by atoms with Gasteiger partial charge in [-0.25, -0.2) is 9.97 Å². The van der Waals surface area contributed by atoms with E-state index in [-0.39, 0.29) is 42.1 Å². The maximum atomic E-state index is 13.9. The van der Waals surface area contributed by atoms with Crippen LogP contribution < -0.4 is 36.1 Å². The number of rotatable bonds is 22. The molecule has 73 heavy (non-hydrogen) atoms. The molecule has 0 spiro atoms. The molecule has 6 N–H and O–H groups in total. The number of fused-ring (bicyclic) bond motifs is 1. The average molecular weight is 1020 g/mol. The summed E-state index contributed by atoms with van der Waals surface area (Å²) in [6, 6.07) is 22.8. The summed E-state index contributed by atoms with van der Waals surface area (Å²) < 4.78 is 11.1. The van der Waals surface area contributed by atoms with E-state index >= 15 is 0 Å². The number of nitrogens with two attached hydrogens (primary N) is 1. The number of halogens is 1. The number of benzene rings is 3. The van der Waals surface area contributed by atoms with Crippen LogP contribution in [-0.4, -0.2) is 145 Å². The molecule has 3 aliphatic rings. The Balaban J connectivity index is 0.714. The number of carbonyl (C=O) groups is 4. The van der Waals surface area contributed by atoms with Crippen molar-refractivity contribution in [3.8, 4) is 11.5 Å². The Bertz CT molecular complexity index is 2630. The number of piperidine rings is 2. The molecule has 3 saturated heterocycles. The standard InChI is InChI=1S/C55H72ClN11O6/c1-3-73-48-34-45(72-2)18-15-42(48)35-58-36-50(69)67-25-8-11-43(37-67)40-9-7-10-41(33-40)53(70)60-23-6-4-5-12-49(68)65-31-29-64(30-32-65)26-20-47(39-13-16-44(56)17-14-39)63-54(71)55(57)21-27-66(28-22-55)52-46-19-24-59-51(46)61-38-62-52/h7,9-10,13-19,24,33-34,38,43,47,58H,3-6,8,11-12,20-23,25-32,35-37,57H2,1-2H3,(H,60,70)(H,63,71)(H,59,61,62)/t43?,47-/m0/s1. The summed E-state index contributed by atoms with van der Waals surface area (Å²) >= 11 is 6.26. The number of methoxy groups -OCH3 is 1. The SMILES string of the molecule is CCOc1cc(OC)ccc1CNCC(=O)N1CCCC(c2cccc(C(=O)NCCCCCC(=O)N3CCN(CC[C@H](NC(=O)C4(N)CCN(c5ncnc6[nH]ccc56)CC4)c4ccc(Cl)cc4)CC3)c2)C1. The van der Waals surface area contributed by atoms with Crippen molar-refractivity contribution in [3.05, 3.63) is 113 Å². The number of carbonyl (C=O) groups excluding carboxylic acids is 4. The van der Waals surface area contributed by atoms with Crippen LogP contribution in [0.4, 0.5) is 5.82 Å². The summed E-state index contributed by atoms with van der Waals surface area (Å²) in [7, 11) is 1.62. The fourth-order valence-electron chi connectivity index (χ4n) is 10.3. The number of hydrogen-bond donors (Lipinski definition) is 5. The monoisotopic (exact) mass is 1020 g/mol. The molecule has 0 bridgehead atoms. The summed E-state index contributed by atoms with van der Waals surface area (Å²) in [5.74, 6) is 2.40. The molecule has 2 atom stereocenters. The van der Waals surface area contributed by atoms with Crippen molar-refractivity contribution in [1.82, 2.24) is 45.6 Å². The zero-order valence-electron chi connectivity index (χ0n) is 42.4. The topological polar surface area (TPSA) is 203 Å². The van der Waals surface area contributed by atoms with Gasteiger partial charge in [-0.15, -0.1) is 0 Å². The van der Waals surface area contributed by atoms with Gasteiger partial charge in [-0.05, 0) is 99.4 Å². The van der Waals surface area contributed by atoms with Gasteiger partial charge in [0.25, 0.3) is 5.91 Å². The number of nitrogens with one attached hydrogen (secondary N) is 4. The predicted molar refractivity (Wildman–Crippen MR) is 284 cm³/mol. The number of likely N-dealkylation sites (tertiary alicyclic amines) is 1. The minimum Gasteiger partial charge on any atom is -0.497 e. The van der Waals surface area contributed by atoms with Crippen LogP contribution in [0.15, 0.2) is 85.3 Å². The first-order chi connectivity index (χ1) is 35.5. The summed E-state index contributed by atoms with van der Waals surface area (Å²) in [5.41, 5.74) is 10.2. The Kier molecular flexibility index (Phi) is 18.6. The fraction of sp³-hybridized carbons (Fsp3) is 0.491. The average Bonchev–Trinajstić information content (AvgIpc) is 3.91. The van der Waals surface area contributed by atoms with Gasteiger partial charge in [0.15, 0.2) is 0 Å². The van der Waals surface area contributed by atoms with Crippen LogP contribution in [0.25, 0.3) is 11.0 Å². The molecule has 5 heterocycles. The van der Waals surface area contributed by atoms with Gasteiger partial charge in [-0.1, -0.05) is 48.4 Å². The molecule has 3 aromatic carbocycles. The third-order valence-corrected chi connectivity index (χ3v) is 14.9. The van der Waals surface area contributed by atoms with E-state index in [1.807, 2.05) is 89.7 Å². The van der Waals surface area contributed by atoms with Crippen LogP contribution in [-0.2, 0) is 20.9 Å². The Morgan fingerprint density at radius 2 is 1.71 bits per heavy atom. The number of ether oxygens (including phenoxy) is 2. The molecule has 8 rings (SSSR count). The number of unbranched alkanes of at least 4 members (excludes halogenated alkanes) is 2. The predicted octanol–water partition coefficient (Wildman–Crippen LogP) is 6.19. The second kappa shape index (κ2) is 25.6. The van der Waals surface area contributed by atoms with E-state index in [1.165, 1.54) is 0 Å². The molecule has 4 amide bonds. The number of hydrogen-bond acceptors (Lipinski definition) is 12. The number of H-pyrrole nitrogens is 1. The van der Waals surface area contributed by atoms with Crippen molar-refractivity contribution in [2.75, 3.05) is 90.6 Å². The van der Waals surface area contributed by atoms with Crippen LogP contribution in [0, 0.1) is 0 Å². The van der Waals surface area contributed by atoms with E-state index < -0.39 is 5.54 Å². The highest BCUT2D eigenvalue weighted by molar-refractivity contribution is 6.30. The van der Waals surface area contributed by atoms with E-state index in [2.05, 4.69) is 46.8 Å². The molecule has 5 aromatic rings. The van der Waals surface area contributed by atoms with Crippen molar-refractivity contribution in [3.63, 3.8) is 0 Å². The van der Waals surface area contributed by atoms with Crippen LogP contribution >= 0.6 is 11.6 Å². The number of aromatic nitrogens is 3. The number of piperazine rings is 1. The van der Waals surface area contributed by atoms with Crippen molar-refractivity contribution < 1.29 is 28.7 Å². The zero-order chi connectivity index (χ0) is 51.2. The molecule has 3 fully saturated rings. The number of amides is 4. The van der Waals surface area contributed by atoms with Crippen LogP contribution in [0.5, 0.6) is 11.5 Å². The van der Waals surface area contributed by atoms with Crippen LogP contribution in [0.2, 0.25) is 5.02 Å². The van der Waals surface area contributed by atoms with Crippen LogP contribution in [0.3, 0.4) is 0 Å². The number of nitrogens with zero attached hydrogens (tertiary/aromatic N) is 6. The van der Waals surface area contributed by atoms with Gasteiger partial charge in [0.05, 0.1) is 37.2 Å². The maximum Gasteiger partial charge on any atom is 0.251 e. The molecule has 3 aliphatic heterocycles. The molecule has 0 radical (unpaired) electrons. The van der Waals surface area contributed by atoms with Crippen molar-refractivity contribution >= 4 is 52.1 Å². The lowest BCUT2D eigenvalue weighted by Crippen LogP contribution is -2.60. The lowest BCUT2D eigenvalue weighted by Gasteiger charge is -2.39. The lowest BCUT2D eigenvalue weighted by atomic mass is 9.87. The lowest BCUT2D eigenvalue weighted by molar-refractivity contribution is -0.133. The Labute approximate surface area is 433 Å². The molecule has 2 aromatic heterocycles. The summed E-state index contributed by atoms with van der Waals surface area (Å²) in [5, 5.41) is 11.2. The maximum absolute atomic E-state index is 13.9. The van der Waals surface area contributed by atoms with E-state index in [4.69, 9.17) is 26.8 Å². The zero-order valence-corrected chi connectivity index (χ0v) is 43.1. The molecular formula is C55H72ClN11O6. The van der Waals surface area contributed by atoms with Gasteiger partial charge >= 0.3 is 0 Å². The van der Waals surface area contributed by atoms with Gasteiger partial charge in [0, 0.05) is 113 Å². The van der Waals surface area contributed by atoms with E-state index in [9.17, 15) is 19.2 Å². The van der Waals surface area contributed by atoms with Crippen LogP contribution in [0.1, 0.15) is 104 Å². The van der Waals surface area contributed by atoms with Gasteiger partial charge in [-0.2, -0.15) is 0 Å². The van der Waals surface area contributed by atoms with Crippen molar-refractivity contribution in [2.45, 2.75) is 88.8 Å². The fourth-order valence-corrected chi connectivity index (χ4v) is 10.4. The van der Waals surface area contributed by atoms with Gasteiger partial charge in [0.1, 0.15) is 29.3 Å². The van der Waals surface area contributed by atoms with E-state index in [1.54, 1.807) is 13.4 Å². The van der Waals surface area contributed by atoms with Crippen molar-refractivity contribution in [2.24, 2.45) is 5.73 Å². The Hall–Kier alpha value is -6.27. The molecule has 0 saturated carbocycles. The molecule has 17 nitrogen and oxygen atoms in total. The molecule has 1 unspecified atom stereocenters. The minimum atomic E-state index is -1.02. The summed E-state index contributed by atoms with van der Waals surface area (Å²) in [6.45, 7) is 9.82. The summed E-state index contributed by atoms with van der Waals surface area (Å²) in [6.07, 6.45) is 9.76. The third kappa shape index (κ3) is 14.1. The van der Waals surface area contributed by atoms with Gasteiger partial charge in [-0.3, -0.25) is 24.1 Å². The second-order valence-electron chi connectivity index (χ2n) is 19.6. The normalized spacial score (nSPS) is 17.5. The first kappa shape index (κ1) is 53.0. The van der Waals surface area contributed by atoms with E-state index in [0.29, 0.717) is 95.2 Å². The smallest absolute Gasteiger partial charge is 0.251 e. The quantitative estimate of drug-likeness (QED) is 0.0493. The Morgan fingerprint density at radius 3 is 2.49 bits per heavy atom. The Morgan fingerprint density at radius 1 is 0.904 bits per heavy atom. The van der Waals surface area contributed by atoms with Gasteiger partial charge < -0.3 is 50.8 Å². The number of anilines is 1. The molecular weight excluding hydrogens is 946 g/mol. The summed E-state index contributed by atoms with van der Waals surface area (Å²) in [4.78, 5) is 74.1. The first-order valence-corrected chi connectivity index (χ1v) is 26.4. The highest BCUT2D eigenvalue weighted by Crippen LogP contribution is 2.31. The highest BCUT2D eigenvalue weighted by Gasteiger charge is 2.39. The van der Waals surface area contributed by atoms with Crippen molar-refractivity contribution in [1.29, 1.82) is 0 Å². The largest absolute Gasteiger partial charge is 0.497 e. The molecule has 390 valence electrons.